The third kappa shape index (κ3) is 5.04. The standard InChI is InChI=1S/C17H18BrFIN/c1-2-9-21-17(12-4-7-15(20)8-5-12)10-13-3-6-14(18)11-16(13)19/h3-8,11,17,21H,2,9-10H2,1H3. The Bertz CT molecular complexity index is 586. The van der Waals surface area contributed by atoms with Crippen molar-refractivity contribution in [2.75, 3.05) is 6.54 Å². The first-order valence-electron chi connectivity index (χ1n) is 7.03. The summed E-state index contributed by atoms with van der Waals surface area (Å²) in [6.45, 7) is 3.06. The van der Waals surface area contributed by atoms with Crippen molar-refractivity contribution in [2.45, 2.75) is 25.8 Å². The Morgan fingerprint density at radius 1 is 1.19 bits per heavy atom. The van der Waals surface area contributed by atoms with Crippen LogP contribution in [0.4, 0.5) is 4.39 Å². The van der Waals surface area contributed by atoms with Gasteiger partial charge in [0.05, 0.1) is 0 Å². The van der Waals surface area contributed by atoms with Crippen LogP contribution in [0.1, 0.15) is 30.5 Å². The van der Waals surface area contributed by atoms with Crippen LogP contribution in [-0.2, 0) is 6.42 Å². The predicted molar refractivity (Wildman–Crippen MR) is 98.0 cm³/mol. The molecule has 2 aromatic rings. The van der Waals surface area contributed by atoms with E-state index in [0.717, 1.165) is 23.0 Å². The fourth-order valence-electron chi connectivity index (χ4n) is 2.23. The van der Waals surface area contributed by atoms with Gasteiger partial charge in [-0.1, -0.05) is 41.1 Å². The van der Waals surface area contributed by atoms with E-state index in [1.165, 1.54) is 15.2 Å². The number of hydrogen-bond acceptors (Lipinski definition) is 1. The quantitative estimate of drug-likeness (QED) is 0.562. The van der Waals surface area contributed by atoms with Gasteiger partial charge >= 0.3 is 0 Å². The molecule has 0 spiro atoms. The first-order valence-corrected chi connectivity index (χ1v) is 8.90. The highest BCUT2D eigenvalue weighted by atomic mass is 127. The van der Waals surface area contributed by atoms with E-state index in [4.69, 9.17) is 0 Å². The molecule has 2 aromatic carbocycles. The Kier molecular flexibility index (Phi) is 6.64. The molecule has 0 fully saturated rings. The van der Waals surface area contributed by atoms with E-state index >= 15 is 0 Å². The molecular formula is C17H18BrFIN. The number of benzene rings is 2. The molecule has 0 aromatic heterocycles. The van der Waals surface area contributed by atoms with Crippen molar-refractivity contribution in [2.24, 2.45) is 0 Å². The molecular weight excluding hydrogens is 444 g/mol. The van der Waals surface area contributed by atoms with E-state index in [-0.39, 0.29) is 11.9 Å². The van der Waals surface area contributed by atoms with Gasteiger partial charge in [0, 0.05) is 14.1 Å². The second kappa shape index (κ2) is 8.25. The SMILES string of the molecule is CCCNC(Cc1ccc(Br)cc1F)c1ccc(I)cc1. The minimum Gasteiger partial charge on any atom is -0.310 e. The Morgan fingerprint density at radius 2 is 1.90 bits per heavy atom. The van der Waals surface area contributed by atoms with E-state index in [1.54, 1.807) is 0 Å². The monoisotopic (exact) mass is 461 g/mol. The molecule has 1 nitrogen and oxygen atoms in total. The highest BCUT2D eigenvalue weighted by Crippen LogP contribution is 2.23. The van der Waals surface area contributed by atoms with Crippen molar-refractivity contribution in [3.05, 3.63) is 67.5 Å². The second-order valence-electron chi connectivity index (χ2n) is 5.00. The van der Waals surface area contributed by atoms with Crippen LogP contribution in [0.15, 0.2) is 46.9 Å². The van der Waals surface area contributed by atoms with Crippen LogP contribution in [0, 0.1) is 9.39 Å². The van der Waals surface area contributed by atoms with Gasteiger partial charge in [-0.25, -0.2) is 4.39 Å². The van der Waals surface area contributed by atoms with Crippen LogP contribution >= 0.6 is 38.5 Å². The highest BCUT2D eigenvalue weighted by Gasteiger charge is 2.14. The highest BCUT2D eigenvalue weighted by molar-refractivity contribution is 14.1. The molecule has 0 amide bonds. The van der Waals surface area contributed by atoms with Crippen molar-refractivity contribution < 1.29 is 4.39 Å². The first kappa shape index (κ1) is 16.9. The van der Waals surface area contributed by atoms with Crippen molar-refractivity contribution >= 4 is 38.5 Å². The number of halogens is 3. The molecule has 0 heterocycles. The maximum Gasteiger partial charge on any atom is 0.127 e. The second-order valence-corrected chi connectivity index (χ2v) is 7.16. The molecule has 21 heavy (non-hydrogen) atoms. The minimum atomic E-state index is -0.154. The summed E-state index contributed by atoms with van der Waals surface area (Å²) in [4.78, 5) is 0. The van der Waals surface area contributed by atoms with Crippen molar-refractivity contribution in [3.8, 4) is 0 Å². The van der Waals surface area contributed by atoms with E-state index < -0.39 is 0 Å². The zero-order valence-corrected chi connectivity index (χ0v) is 15.6. The molecule has 1 N–H and O–H groups in total. The molecule has 0 aliphatic heterocycles. The van der Waals surface area contributed by atoms with Crippen LogP contribution in [-0.4, -0.2) is 6.54 Å². The Morgan fingerprint density at radius 3 is 2.52 bits per heavy atom. The van der Waals surface area contributed by atoms with Crippen LogP contribution < -0.4 is 5.32 Å². The summed E-state index contributed by atoms with van der Waals surface area (Å²) < 4.78 is 16.0. The molecule has 0 saturated carbocycles. The van der Waals surface area contributed by atoms with E-state index in [2.05, 4.69) is 75.0 Å². The van der Waals surface area contributed by atoms with Crippen molar-refractivity contribution in [1.29, 1.82) is 0 Å². The van der Waals surface area contributed by atoms with Gasteiger partial charge in [0.2, 0.25) is 0 Å². The van der Waals surface area contributed by atoms with Crippen LogP contribution in [0.25, 0.3) is 0 Å². The normalized spacial score (nSPS) is 12.4. The van der Waals surface area contributed by atoms with Gasteiger partial charge in [-0.05, 0) is 77.4 Å². The van der Waals surface area contributed by atoms with E-state index in [1.807, 2.05) is 12.1 Å². The molecule has 0 radical (unpaired) electrons. The molecule has 112 valence electrons. The fraction of sp³-hybridized carbons (Fsp3) is 0.294. The van der Waals surface area contributed by atoms with Gasteiger partial charge in [-0.15, -0.1) is 0 Å². The van der Waals surface area contributed by atoms with Crippen LogP contribution in [0.5, 0.6) is 0 Å². The lowest BCUT2D eigenvalue weighted by Gasteiger charge is -2.20. The van der Waals surface area contributed by atoms with Crippen LogP contribution in [0.3, 0.4) is 0 Å². The van der Waals surface area contributed by atoms with Gasteiger partial charge in [-0.3, -0.25) is 0 Å². The van der Waals surface area contributed by atoms with E-state index in [9.17, 15) is 4.39 Å². The first-order chi connectivity index (χ1) is 10.1. The number of nitrogens with one attached hydrogen (secondary N) is 1. The number of hydrogen-bond donors (Lipinski definition) is 1. The summed E-state index contributed by atoms with van der Waals surface area (Å²) in [7, 11) is 0. The Hall–Kier alpha value is -0.460. The molecule has 4 heteroatoms. The Labute approximate surface area is 147 Å². The lowest BCUT2D eigenvalue weighted by Crippen LogP contribution is -2.24. The average molecular weight is 462 g/mol. The Balaban J connectivity index is 2.21. The summed E-state index contributed by atoms with van der Waals surface area (Å²) in [5.74, 6) is -0.154. The lowest BCUT2D eigenvalue weighted by molar-refractivity contribution is 0.513. The van der Waals surface area contributed by atoms with Gasteiger partial charge in [-0.2, -0.15) is 0 Å². The van der Waals surface area contributed by atoms with Gasteiger partial charge in [0.15, 0.2) is 0 Å². The zero-order valence-electron chi connectivity index (χ0n) is 11.9. The van der Waals surface area contributed by atoms with E-state index in [0.29, 0.717) is 6.42 Å². The molecule has 1 atom stereocenters. The summed E-state index contributed by atoms with van der Waals surface area (Å²) >= 11 is 5.60. The molecule has 2 rings (SSSR count). The maximum absolute atomic E-state index is 14.1. The predicted octanol–water partition coefficient (Wildman–Crippen LogP) is 5.48. The van der Waals surface area contributed by atoms with Crippen molar-refractivity contribution in [1.82, 2.24) is 5.32 Å². The number of rotatable bonds is 6. The summed E-state index contributed by atoms with van der Waals surface area (Å²) in [5, 5.41) is 3.51. The zero-order chi connectivity index (χ0) is 15.2. The molecule has 0 aliphatic rings. The third-order valence-electron chi connectivity index (χ3n) is 3.35. The van der Waals surface area contributed by atoms with Gasteiger partial charge < -0.3 is 5.32 Å². The van der Waals surface area contributed by atoms with Gasteiger partial charge in [0.1, 0.15) is 5.82 Å². The van der Waals surface area contributed by atoms with Crippen LogP contribution in [0.2, 0.25) is 0 Å². The minimum absolute atomic E-state index is 0.137. The van der Waals surface area contributed by atoms with Crippen molar-refractivity contribution in [3.63, 3.8) is 0 Å². The third-order valence-corrected chi connectivity index (χ3v) is 4.56. The lowest BCUT2D eigenvalue weighted by atomic mass is 9.98. The molecule has 0 saturated heterocycles. The largest absolute Gasteiger partial charge is 0.310 e. The molecule has 0 aliphatic carbocycles. The topological polar surface area (TPSA) is 12.0 Å². The summed E-state index contributed by atoms with van der Waals surface area (Å²) in [5.41, 5.74) is 1.94. The summed E-state index contributed by atoms with van der Waals surface area (Å²) in [6, 6.07) is 13.8. The fourth-order valence-corrected chi connectivity index (χ4v) is 2.92. The maximum atomic E-state index is 14.1. The molecule has 0 bridgehead atoms. The summed E-state index contributed by atoms with van der Waals surface area (Å²) in [6.07, 6.45) is 1.71. The smallest absolute Gasteiger partial charge is 0.127 e. The van der Waals surface area contributed by atoms with Gasteiger partial charge in [0.25, 0.3) is 0 Å². The molecule has 1 unspecified atom stereocenters. The average Bonchev–Trinajstić information content (AvgIpc) is 2.46.